The molecule has 2 aromatic heterocycles. The molecule has 3 heterocycles. The van der Waals surface area contributed by atoms with Crippen LogP contribution < -0.4 is 5.56 Å². The summed E-state index contributed by atoms with van der Waals surface area (Å²) < 4.78 is 0. The molecule has 2 aliphatic rings. The minimum Gasteiger partial charge on any atom is -0.337 e. The van der Waals surface area contributed by atoms with Crippen LogP contribution >= 0.6 is 11.3 Å². The summed E-state index contributed by atoms with van der Waals surface area (Å²) in [7, 11) is 0. The Labute approximate surface area is 191 Å². The number of aromatic nitrogens is 2. The molecule has 1 N–H and O–H groups in total. The van der Waals surface area contributed by atoms with Crippen molar-refractivity contribution in [2.24, 2.45) is 0 Å². The summed E-state index contributed by atoms with van der Waals surface area (Å²) in [5, 5.41) is 0.810. The number of nitrogens with one attached hydrogen (secondary N) is 1. The summed E-state index contributed by atoms with van der Waals surface area (Å²) in [6.07, 6.45) is 7.96. The zero-order valence-corrected chi connectivity index (χ0v) is 19.2. The van der Waals surface area contributed by atoms with Gasteiger partial charge in [0, 0.05) is 37.1 Å². The van der Waals surface area contributed by atoms with Crippen LogP contribution in [0.5, 0.6) is 0 Å². The predicted molar refractivity (Wildman–Crippen MR) is 129 cm³/mol. The molecule has 1 fully saturated rings. The van der Waals surface area contributed by atoms with Gasteiger partial charge in [-0.05, 0) is 49.8 Å². The van der Waals surface area contributed by atoms with Crippen molar-refractivity contribution in [1.29, 1.82) is 0 Å². The van der Waals surface area contributed by atoms with Gasteiger partial charge in [0.1, 0.15) is 10.7 Å². The molecule has 3 aromatic rings. The van der Waals surface area contributed by atoms with Crippen LogP contribution in [0.15, 0.2) is 35.1 Å². The zero-order valence-electron chi connectivity index (χ0n) is 18.4. The number of amides is 1. The van der Waals surface area contributed by atoms with Gasteiger partial charge in [-0.1, -0.05) is 29.8 Å². The lowest BCUT2D eigenvalue weighted by atomic mass is 9.97. The van der Waals surface area contributed by atoms with Gasteiger partial charge in [-0.15, -0.1) is 11.3 Å². The molecule has 1 aliphatic carbocycles. The quantitative estimate of drug-likeness (QED) is 0.620. The van der Waals surface area contributed by atoms with Crippen molar-refractivity contribution in [2.45, 2.75) is 39.2 Å². The van der Waals surface area contributed by atoms with Crippen LogP contribution in [0.3, 0.4) is 0 Å². The van der Waals surface area contributed by atoms with E-state index in [1.54, 1.807) is 17.4 Å². The van der Waals surface area contributed by atoms with E-state index in [2.05, 4.69) is 16.0 Å². The zero-order chi connectivity index (χ0) is 22.1. The first kappa shape index (κ1) is 21.1. The molecule has 0 atom stereocenters. The van der Waals surface area contributed by atoms with Gasteiger partial charge in [0.2, 0.25) is 5.91 Å². The fourth-order valence-electron chi connectivity index (χ4n) is 4.67. The van der Waals surface area contributed by atoms with Gasteiger partial charge in [-0.3, -0.25) is 14.5 Å². The molecule has 6 nitrogen and oxygen atoms in total. The summed E-state index contributed by atoms with van der Waals surface area (Å²) in [5.41, 5.74) is 3.44. The topological polar surface area (TPSA) is 69.3 Å². The minimum atomic E-state index is -0.000463. The first-order valence-corrected chi connectivity index (χ1v) is 12.2. The minimum absolute atomic E-state index is 0.000463. The molecule has 0 spiro atoms. The van der Waals surface area contributed by atoms with Crippen LogP contribution in [0.4, 0.5) is 0 Å². The summed E-state index contributed by atoms with van der Waals surface area (Å²) in [6.45, 7) is 5.55. The second kappa shape index (κ2) is 9.00. The normalized spacial score (nSPS) is 17.2. The van der Waals surface area contributed by atoms with E-state index < -0.39 is 0 Å². The molecular formula is C25H28N4O2S. The molecule has 7 heteroatoms. The van der Waals surface area contributed by atoms with Crippen molar-refractivity contribution >= 4 is 33.5 Å². The van der Waals surface area contributed by atoms with Crippen LogP contribution in [0.25, 0.3) is 16.3 Å². The van der Waals surface area contributed by atoms with Crippen molar-refractivity contribution in [3.63, 3.8) is 0 Å². The van der Waals surface area contributed by atoms with Crippen molar-refractivity contribution < 1.29 is 4.79 Å². The number of hydrogen-bond acceptors (Lipinski definition) is 5. The van der Waals surface area contributed by atoms with Crippen molar-refractivity contribution in [2.75, 3.05) is 26.2 Å². The molecule has 166 valence electrons. The predicted octanol–water partition coefficient (Wildman–Crippen LogP) is 3.53. The Balaban J connectivity index is 1.21. The number of rotatable bonds is 4. The van der Waals surface area contributed by atoms with Crippen molar-refractivity contribution in [1.82, 2.24) is 19.8 Å². The maximum Gasteiger partial charge on any atom is 0.259 e. The molecule has 32 heavy (non-hydrogen) atoms. The molecule has 0 bridgehead atoms. The SMILES string of the molecule is Cc1cccc(C=CC(=O)N2CCN(Cc3nc4sc5c(c4c(=O)[nH]3)CCCC5)CC2)c1. The summed E-state index contributed by atoms with van der Waals surface area (Å²) in [6, 6.07) is 8.12. The Morgan fingerprint density at radius 1 is 1.19 bits per heavy atom. The molecular weight excluding hydrogens is 420 g/mol. The van der Waals surface area contributed by atoms with E-state index in [0.29, 0.717) is 19.6 Å². The van der Waals surface area contributed by atoms with E-state index in [4.69, 9.17) is 4.98 Å². The van der Waals surface area contributed by atoms with Crippen molar-refractivity contribution in [3.05, 3.63) is 68.1 Å². The Kier molecular flexibility index (Phi) is 5.93. The van der Waals surface area contributed by atoms with Gasteiger partial charge in [-0.25, -0.2) is 4.98 Å². The van der Waals surface area contributed by atoms with Crippen LogP contribution in [-0.2, 0) is 24.2 Å². The first-order chi connectivity index (χ1) is 15.6. The van der Waals surface area contributed by atoms with Crippen LogP contribution in [0, 0.1) is 6.92 Å². The Morgan fingerprint density at radius 3 is 2.81 bits per heavy atom. The number of hydrogen-bond donors (Lipinski definition) is 1. The average molecular weight is 449 g/mol. The largest absolute Gasteiger partial charge is 0.337 e. The lowest BCUT2D eigenvalue weighted by molar-refractivity contribution is -0.127. The number of aromatic amines is 1. The molecule has 0 radical (unpaired) electrons. The smallest absolute Gasteiger partial charge is 0.259 e. The molecule has 0 unspecified atom stereocenters. The van der Waals surface area contributed by atoms with Crippen molar-refractivity contribution in [3.8, 4) is 0 Å². The summed E-state index contributed by atoms with van der Waals surface area (Å²) in [4.78, 5) is 39.5. The lowest BCUT2D eigenvalue weighted by Gasteiger charge is -2.33. The third-order valence-corrected chi connectivity index (χ3v) is 7.58. The third kappa shape index (κ3) is 4.40. The highest BCUT2D eigenvalue weighted by Crippen LogP contribution is 2.33. The monoisotopic (exact) mass is 448 g/mol. The Morgan fingerprint density at radius 2 is 2.00 bits per heavy atom. The fourth-order valence-corrected chi connectivity index (χ4v) is 5.95. The number of nitrogens with zero attached hydrogens (tertiary/aromatic N) is 3. The van der Waals surface area contributed by atoms with Gasteiger partial charge in [0.05, 0.1) is 11.9 Å². The highest BCUT2D eigenvalue weighted by molar-refractivity contribution is 7.18. The average Bonchev–Trinajstić information content (AvgIpc) is 3.17. The number of benzene rings is 1. The molecule has 1 amide bonds. The maximum absolute atomic E-state index is 12.8. The number of carbonyl (C=O) groups excluding carboxylic acids is 1. The van der Waals surface area contributed by atoms with Gasteiger partial charge in [0.25, 0.3) is 5.56 Å². The molecule has 1 aromatic carbocycles. The van der Waals surface area contributed by atoms with Crippen LogP contribution in [0.1, 0.15) is 40.2 Å². The van der Waals surface area contributed by atoms with E-state index in [9.17, 15) is 9.59 Å². The van der Waals surface area contributed by atoms with E-state index in [1.165, 1.54) is 22.4 Å². The highest BCUT2D eigenvalue weighted by atomic mass is 32.1. The number of carbonyl (C=O) groups is 1. The second-order valence-electron chi connectivity index (χ2n) is 8.75. The summed E-state index contributed by atoms with van der Waals surface area (Å²) >= 11 is 1.69. The van der Waals surface area contributed by atoms with E-state index in [0.717, 1.165) is 54.0 Å². The van der Waals surface area contributed by atoms with Gasteiger partial charge in [-0.2, -0.15) is 0 Å². The molecule has 5 rings (SSSR count). The summed E-state index contributed by atoms with van der Waals surface area (Å²) in [5.74, 6) is 0.767. The number of fused-ring (bicyclic) bond motifs is 3. The van der Waals surface area contributed by atoms with E-state index >= 15 is 0 Å². The Hall–Kier alpha value is -2.77. The maximum atomic E-state index is 12.8. The highest BCUT2D eigenvalue weighted by Gasteiger charge is 2.22. The third-order valence-electron chi connectivity index (χ3n) is 6.39. The van der Waals surface area contributed by atoms with Crippen LogP contribution in [0.2, 0.25) is 0 Å². The fraction of sp³-hybridized carbons (Fsp3) is 0.400. The first-order valence-electron chi connectivity index (χ1n) is 11.4. The number of thiophene rings is 1. The second-order valence-corrected chi connectivity index (χ2v) is 9.84. The molecule has 1 aliphatic heterocycles. The van der Waals surface area contributed by atoms with E-state index in [-0.39, 0.29) is 11.5 Å². The lowest BCUT2D eigenvalue weighted by Crippen LogP contribution is -2.48. The van der Waals surface area contributed by atoms with Gasteiger partial charge in [0.15, 0.2) is 0 Å². The van der Waals surface area contributed by atoms with Gasteiger partial charge < -0.3 is 9.88 Å². The van der Waals surface area contributed by atoms with Crippen LogP contribution in [-0.4, -0.2) is 51.9 Å². The number of H-pyrrole nitrogens is 1. The van der Waals surface area contributed by atoms with Gasteiger partial charge >= 0.3 is 0 Å². The number of aryl methyl sites for hydroxylation is 3. The van der Waals surface area contributed by atoms with E-state index in [1.807, 2.05) is 36.1 Å². The molecule has 1 saturated heterocycles. The Bertz CT molecular complexity index is 1230. The molecule has 0 saturated carbocycles. The number of piperazine rings is 1. The standard InChI is InChI=1S/C25H28N4O2S/c1-17-5-4-6-18(15-17)9-10-22(30)29-13-11-28(12-14-29)16-21-26-24(31)23-19-7-2-3-8-20(19)32-25(23)27-21/h4-6,9-10,15H,2-3,7-8,11-14,16H2,1H3,(H,26,27,31).